The van der Waals surface area contributed by atoms with E-state index in [0.717, 1.165) is 12.1 Å². The van der Waals surface area contributed by atoms with Crippen LogP contribution in [0.1, 0.15) is 31.4 Å². The lowest BCUT2D eigenvalue weighted by Crippen LogP contribution is -2.16. The van der Waals surface area contributed by atoms with E-state index in [4.69, 9.17) is 0 Å². The quantitative estimate of drug-likeness (QED) is 0.825. The van der Waals surface area contributed by atoms with Gasteiger partial charge in [-0.1, -0.05) is 0 Å². The van der Waals surface area contributed by atoms with E-state index in [1.54, 1.807) is 17.4 Å². The molecule has 74 valence electrons. The molecule has 0 amide bonds. The van der Waals surface area contributed by atoms with Gasteiger partial charge in [-0.25, -0.2) is 0 Å². The third-order valence-corrected chi connectivity index (χ3v) is 3.12. The molecule has 0 saturated carbocycles. The summed E-state index contributed by atoms with van der Waals surface area (Å²) >= 11 is 1.70. The molecule has 0 spiro atoms. The summed E-state index contributed by atoms with van der Waals surface area (Å²) in [6.45, 7) is 2.12. The minimum atomic E-state index is 0.241. The molecule has 1 heterocycles. The monoisotopic (exact) mass is 207 g/mol. The molecule has 0 radical (unpaired) electrons. The Morgan fingerprint density at radius 2 is 2.36 bits per heavy atom. The predicted molar refractivity (Wildman–Crippen MR) is 58.2 cm³/mol. The third-order valence-electron chi connectivity index (χ3n) is 2.42. The number of hydrogen-bond donors (Lipinski definition) is 1. The fourth-order valence-electron chi connectivity index (χ4n) is 1.59. The SMILES string of the molecule is CC(NC1=CC(=O)CC1)c1ccsc1. The fraction of sp³-hybridized carbons (Fsp3) is 0.364. The van der Waals surface area contributed by atoms with Gasteiger partial charge in [0.1, 0.15) is 0 Å². The van der Waals surface area contributed by atoms with Crippen LogP contribution in [0.2, 0.25) is 0 Å². The molecule has 0 fully saturated rings. The highest BCUT2D eigenvalue weighted by Crippen LogP contribution is 2.20. The van der Waals surface area contributed by atoms with E-state index in [9.17, 15) is 4.79 Å². The maximum atomic E-state index is 11.0. The summed E-state index contributed by atoms with van der Waals surface area (Å²) < 4.78 is 0. The van der Waals surface area contributed by atoms with Gasteiger partial charge in [-0.15, -0.1) is 0 Å². The normalized spacial score (nSPS) is 18.1. The number of thiophene rings is 1. The minimum absolute atomic E-state index is 0.241. The van der Waals surface area contributed by atoms with Crippen molar-refractivity contribution in [2.45, 2.75) is 25.8 Å². The molecule has 14 heavy (non-hydrogen) atoms. The van der Waals surface area contributed by atoms with Gasteiger partial charge in [0, 0.05) is 24.2 Å². The molecule has 1 aliphatic carbocycles. The molecular formula is C11H13NOS. The molecule has 0 aromatic carbocycles. The smallest absolute Gasteiger partial charge is 0.157 e. The maximum absolute atomic E-state index is 11.0. The van der Waals surface area contributed by atoms with Crippen molar-refractivity contribution in [3.63, 3.8) is 0 Å². The van der Waals surface area contributed by atoms with Crippen LogP contribution in [0.15, 0.2) is 28.6 Å². The van der Waals surface area contributed by atoms with Gasteiger partial charge in [0.2, 0.25) is 0 Å². The highest BCUT2D eigenvalue weighted by atomic mass is 32.1. The van der Waals surface area contributed by atoms with E-state index in [1.165, 1.54) is 5.56 Å². The highest BCUT2D eigenvalue weighted by Gasteiger charge is 2.14. The van der Waals surface area contributed by atoms with Gasteiger partial charge in [-0.3, -0.25) is 4.79 Å². The molecule has 1 atom stereocenters. The average molecular weight is 207 g/mol. The Labute approximate surface area is 87.6 Å². The van der Waals surface area contributed by atoms with Crippen LogP contribution in [-0.2, 0) is 4.79 Å². The minimum Gasteiger partial charge on any atom is -0.382 e. The summed E-state index contributed by atoms with van der Waals surface area (Å²) in [5.41, 5.74) is 2.36. The molecule has 0 bridgehead atoms. The van der Waals surface area contributed by atoms with Gasteiger partial charge in [-0.2, -0.15) is 11.3 Å². The van der Waals surface area contributed by atoms with E-state index < -0.39 is 0 Å². The van der Waals surface area contributed by atoms with Crippen LogP contribution in [0, 0.1) is 0 Å². The van der Waals surface area contributed by atoms with Crippen molar-refractivity contribution in [2.75, 3.05) is 0 Å². The summed E-state index contributed by atoms with van der Waals surface area (Å²) in [7, 11) is 0. The summed E-state index contributed by atoms with van der Waals surface area (Å²) in [4.78, 5) is 11.0. The lowest BCUT2D eigenvalue weighted by molar-refractivity contribution is -0.114. The van der Waals surface area contributed by atoms with Crippen molar-refractivity contribution >= 4 is 17.1 Å². The number of carbonyl (C=O) groups is 1. The predicted octanol–water partition coefficient (Wildman–Crippen LogP) is 2.65. The van der Waals surface area contributed by atoms with Gasteiger partial charge in [-0.05, 0) is 35.7 Å². The maximum Gasteiger partial charge on any atom is 0.157 e. The zero-order valence-corrected chi connectivity index (χ0v) is 8.93. The van der Waals surface area contributed by atoms with Gasteiger partial charge < -0.3 is 5.32 Å². The van der Waals surface area contributed by atoms with Crippen LogP contribution in [0.3, 0.4) is 0 Å². The molecule has 1 aromatic heterocycles. The highest BCUT2D eigenvalue weighted by molar-refractivity contribution is 7.07. The molecule has 3 heteroatoms. The van der Waals surface area contributed by atoms with Gasteiger partial charge in [0.05, 0.1) is 0 Å². The first-order chi connectivity index (χ1) is 6.75. The van der Waals surface area contributed by atoms with E-state index in [2.05, 4.69) is 29.1 Å². The molecule has 1 N–H and O–H groups in total. The summed E-state index contributed by atoms with van der Waals surface area (Å²) in [5, 5.41) is 7.56. The third kappa shape index (κ3) is 2.04. The second-order valence-electron chi connectivity index (χ2n) is 3.56. The number of hydrogen-bond acceptors (Lipinski definition) is 3. The first-order valence-corrected chi connectivity index (χ1v) is 5.72. The summed E-state index contributed by atoms with van der Waals surface area (Å²) in [6, 6.07) is 2.41. The first-order valence-electron chi connectivity index (χ1n) is 4.78. The van der Waals surface area contributed by atoms with Crippen molar-refractivity contribution in [1.29, 1.82) is 0 Å². The Bertz CT molecular complexity index is 353. The molecule has 0 saturated heterocycles. The Morgan fingerprint density at radius 1 is 1.50 bits per heavy atom. The number of rotatable bonds is 3. The number of allylic oxidation sites excluding steroid dienone is 2. The topological polar surface area (TPSA) is 29.1 Å². The first kappa shape index (κ1) is 9.46. The number of nitrogens with one attached hydrogen (secondary N) is 1. The van der Waals surface area contributed by atoms with E-state index >= 15 is 0 Å². The van der Waals surface area contributed by atoms with Crippen LogP contribution >= 0.6 is 11.3 Å². The summed E-state index contributed by atoms with van der Waals surface area (Å²) in [5.74, 6) is 0.241. The molecule has 2 nitrogen and oxygen atoms in total. The number of carbonyl (C=O) groups excluding carboxylic acids is 1. The lowest BCUT2D eigenvalue weighted by Gasteiger charge is -2.14. The van der Waals surface area contributed by atoms with E-state index in [1.807, 2.05) is 0 Å². The van der Waals surface area contributed by atoms with Crippen molar-refractivity contribution in [3.8, 4) is 0 Å². The Balaban J connectivity index is 1.98. The fourth-order valence-corrected chi connectivity index (χ4v) is 2.35. The van der Waals surface area contributed by atoms with Crippen molar-refractivity contribution in [2.24, 2.45) is 0 Å². The van der Waals surface area contributed by atoms with E-state index in [0.29, 0.717) is 12.5 Å². The van der Waals surface area contributed by atoms with Gasteiger partial charge in [0.15, 0.2) is 5.78 Å². The van der Waals surface area contributed by atoms with Crippen LogP contribution < -0.4 is 5.32 Å². The Hall–Kier alpha value is -1.09. The number of ketones is 1. The second kappa shape index (κ2) is 3.96. The van der Waals surface area contributed by atoms with Crippen LogP contribution in [0.4, 0.5) is 0 Å². The van der Waals surface area contributed by atoms with Crippen molar-refractivity contribution in [1.82, 2.24) is 5.32 Å². The van der Waals surface area contributed by atoms with Gasteiger partial charge >= 0.3 is 0 Å². The molecule has 1 aromatic rings. The average Bonchev–Trinajstić information content (AvgIpc) is 2.75. The standard InChI is InChI=1S/C11H13NOS/c1-8(9-4-5-14-7-9)12-10-2-3-11(13)6-10/h4-8,12H,2-3H2,1H3. The largest absolute Gasteiger partial charge is 0.382 e. The Morgan fingerprint density at radius 3 is 2.93 bits per heavy atom. The van der Waals surface area contributed by atoms with Crippen LogP contribution in [0.25, 0.3) is 0 Å². The zero-order chi connectivity index (χ0) is 9.97. The molecule has 2 rings (SSSR count). The van der Waals surface area contributed by atoms with Gasteiger partial charge in [0.25, 0.3) is 0 Å². The van der Waals surface area contributed by atoms with Crippen molar-refractivity contribution < 1.29 is 4.79 Å². The zero-order valence-electron chi connectivity index (χ0n) is 8.12. The second-order valence-corrected chi connectivity index (χ2v) is 4.34. The molecular weight excluding hydrogens is 194 g/mol. The summed E-state index contributed by atoms with van der Waals surface area (Å²) in [6.07, 6.45) is 3.26. The van der Waals surface area contributed by atoms with Crippen LogP contribution in [0.5, 0.6) is 0 Å². The molecule has 1 aliphatic rings. The molecule has 1 unspecified atom stereocenters. The van der Waals surface area contributed by atoms with Crippen molar-refractivity contribution in [3.05, 3.63) is 34.2 Å². The Kier molecular flexibility index (Phi) is 2.68. The van der Waals surface area contributed by atoms with Crippen LogP contribution in [-0.4, -0.2) is 5.78 Å². The molecule has 0 aliphatic heterocycles. The van der Waals surface area contributed by atoms with E-state index in [-0.39, 0.29) is 5.78 Å². The lowest BCUT2D eigenvalue weighted by atomic mass is 10.2.